The molecule has 4 aliphatic rings. The molecule has 5 rings (SSSR count). The lowest BCUT2D eigenvalue weighted by atomic mass is 9.95. The van der Waals surface area contributed by atoms with E-state index in [0.29, 0.717) is 29.6 Å². The van der Waals surface area contributed by atoms with Crippen molar-refractivity contribution < 1.29 is 4.79 Å². The molecule has 4 heterocycles. The Kier molecular flexibility index (Phi) is 4.68. The van der Waals surface area contributed by atoms with Gasteiger partial charge in [0, 0.05) is 31.5 Å². The number of hydrogen-bond acceptors (Lipinski definition) is 5. The Morgan fingerprint density at radius 3 is 2.44 bits per heavy atom. The third-order valence-corrected chi connectivity index (χ3v) is 7.28. The van der Waals surface area contributed by atoms with Crippen molar-refractivity contribution in [1.29, 1.82) is 0 Å². The molecule has 27 heavy (non-hydrogen) atoms. The van der Waals surface area contributed by atoms with E-state index < -0.39 is 0 Å². The summed E-state index contributed by atoms with van der Waals surface area (Å²) in [6.45, 7) is 10.3. The second-order valence-electron chi connectivity index (χ2n) is 8.81. The van der Waals surface area contributed by atoms with Crippen LogP contribution in [0.25, 0.3) is 0 Å². The third-order valence-electron chi connectivity index (χ3n) is 7.28. The molecule has 1 unspecified atom stereocenters. The van der Waals surface area contributed by atoms with Gasteiger partial charge in [0.05, 0.1) is 6.54 Å². The molecule has 1 aliphatic carbocycles. The van der Waals surface area contributed by atoms with Gasteiger partial charge in [0.1, 0.15) is 11.6 Å². The molecule has 1 saturated carbocycles. The van der Waals surface area contributed by atoms with Crippen LogP contribution in [0.3, 0.4) is 0 Å². The average molecular weight is 373 g/mol. The Labute approximate surface area is 161 Å². The van der Waals surface area contributed by atoms with E-state index in [1.807, 2.05) is 0 Å². The monoisotopic (exact) mass is 372 g/mol. The number of carbonyl (C=O) groups is 1. The number of rotatable bonds is 5. The van der Waals surface area contributed by atoms with E-state index in [9.17, 15) is 4.79 Å². The minimum atomic E-state index is 0.314. The number of amides is 1. The molecule has 1 amide bonds. The molecule has 148 valence electrons. The van der Waals surface area contributed by atoms with Gasteiger partial charge in [-0.25, -0.2) is 0 Å². The second kappa shape index (κ2) is 7.17. The molecule has 1 aromatic rings. The first-order valence-electron chi connectivity index (χ1n) is 10.9. The van der Waals surface area contributed by atoms with E-state index in [1.165, 1.54) is 25.9 Å². The fourth-order valence-electron chi connectivity index (χ4n) is 5.61. The molecule has 1 aromatic heterocycles. The van der Waals surface area contributed by atoms with Gasteiger partial charge in [-0.05, 0) is 70.6 Å². The predicted molar refractivity (Wildman–Crippen MR) is 102 cm³/mol. The van der Waals surface area contributed by atoms with E-state index >= 15 is 0 Å². The highest BCUT2D eigenvalue weighted by molar-refractivity contribution is 5.82. The lowest BCUT2D eigenvalue weighted by molar-refractivity contribution is -0.134. The van der Waals surface area contributed by atoms with Crippen molar-refractivity contribution in [3.05, 3.63) is 11.6 Å². The average Bonchev–Trinajstić information content (AvgIpc) is 3.19. The van der Waals surface area contributed by atoms with Crippen LogP contribution in [-0.4, -0.2) is 69.7 Å². The van der Waals surface area contributed by atoms with Crippen molar-refractivity contribution in [3.8, 4) is 0 Å². The van der Waals surface area contributed by atoms with Gasteiger partial charge < -0.3 is 14.8 Å². The topological polar surface area (TPSA) is 66.3 Å². The number of likely N-dealkylation sites (tertiary alicyclic amines) is 2. The number of carbonyl (C=O) groups excluding carboxylic acids is 1. The number of fused-ring (bicyclic) bond motifs is 1. The van der Waals surface area contributed by atoms with E-state index in [1.54, 1.807) is 0 Å². The summed E-state index contributed by atoms with van der Waals surface area (Å²) >= 11 is 0. The van der Waals surface area contributed by atoms with Gasteiger partial charge in [0.15, 0.2) is 0 Å². The van der Waals surface area contributed by atoms with Gasteiger partial charge in [0.2, 0.25) is 5.91 Å². The number of aromatic nitrogens is 3. The molecule has 0 spiro atoms. The highest BCUT2D eigenvalue weighted by Gasteiger charge is 2.57. The van der Waals surface area contributed by atoms with Crippen LogP contribution in [0.4, 0.5) is 0 Å². The molecule has 0 bridgehead atoms. The lowest BCUT2D eigenvalue weighted by Gasteiger charge is -2.32. The highest BCUT2D eigenvalue weighted by Crippen LogP contribution is 2.50. The van der Waals surface area contributed by atoms with Crippen LogP contribution in [0.15, 0.2) is 0 Å². The lowest BCUT2D eigenvalue weighted by Crippen LogP contribution is -2.40. The van der Waals surface area contributed by atoms with E-state index in [4.69, 9.17) is 0 Å². The molecule has 0 aromatic carbocycles. The molecular weight excluding hydrogens is 340 g/mol. The van der Waals surface area contributed by atoms with Crippen molar-refractivity contribution >= 4 is 5.91 Å². The largest absolute Gasteiger partial charge is 0.342 e. The zero-order valence-electron chi connectivity index (χ0n) is 16.4. The summed E-state index contributed by atoms with van der Waals surface area (Å²) in [6.07, 6.45) is 4.65. The SMILES string of the molecule is CCn1c(CN2CCCC2)nnc1C1CCN(C(=O)C2[C@H]3CNC[C@@H]23)CC1. The fraction of sp³-hybridized carbons (Fsp3) is 0.850. The Morgan fingerprint density at radius 2 is 1.78 bits per heavy atom. The number of nitrogens with zero attached hydrogens (tertiary/aromatic N) is 5. The summed E-state index contributed by atoms with van der Waals surface area (Å²) in [5.74, 6) is 4.66. The van der Waals surface area contributed by atoms with Crippen LogP contribution < -0.4 is 5.32 Å². The smallest absolute Gasteiger partial charge is 0.226 e. The maximum Gasteiger partial charge on any atom is 0.226 e. The standard InChI is InChI=1S/C20H32N6O/c1-2-26-17(13-24-7-3-4-8-24)22-23-19(26)14-5-9-25(10-6-14)20(27)18-15-11-21-12-16(15)18/h14-16,18,21H,2-13H2,1H3/t15-,16+,18?. The molecule has 7 nitrogen and oxygen atoms in total. The third kappa shape index (κ3) is 3.18. The molecule has 7 heteroatoms. The van der Waals surface area contributed by atoms with Gasteiger partial charge in [-0.15, -0.1) is 10.2 Å². The molecule has 0 radical (unpaired) electrons. The minimum absolute atomic E-state index is 0.314. The molecule has 3 saturated heterocycles. The molecule has 4 fully saturated rings. The summed E-state index contributed by atoms with van der Waals surface area (Å²) in [5, 5.41) is 12.5. The summed E-state index contributed by atoms with van der Waals surface area (Å²) in [4.78, 5) is 17.4. The predicted octanol–water partition coefficient (Wildman–Crippen LogP) is 1.07. The van der Waals surface area contributed by atoms with Crippen molar-refractivity contribution in [2.24, 2.45) is 17.8 Å². The van der Waals surface area contributed by atoms with Crippen molar-refractivity contribution in [1.82, 2.24) is 29.9 Å². The maximum absolute atomic E-state index is 12.8. The summed E-state index contributed by atoms with van der Waals surface area (Å²) in [6, 6.07) is 0. The molecular formula is C20H32N6O. The van der Waals surface area contributed by atoms with Crippen LogP contribution in [0, 0.1) is 17.8 Å². The maximum atomic E-state index is 12.8. The first-order chi connectivity index (χ1) is 13.3. The summed E-state index contributed by atoms with van der Waals surface area (Å²) < 4.78 is 2.33. The van der Waals surface area contributed by atoms with E-state index in [2.05, 4.69) is 36.8 Å². The summed E-state index contributed by atoms with van der Waals surface area (Å²) in [5.41, 5.74) is 0. The number of hydrogen-bond donors (Lipinski definition) is 1. The van der Waals surface area contributed by atoms with Crippen LogP contribution in [0.2, 0.25) is 0 Å². The Balaban J connectivity index is 1.20. The number of piperidine rings is 2. The second-order valence-corrected chi connectivity index (χ2v) is 8.81. The van der Waals surface area contributed by atoms with Crippen LogP contribution in [0.5, 0.6) is 0 Å². The van der Waals surface area contributed by atoms with Crippen LogP contribution >= 0.6 is 0 Å². The minimum Gasteiger partial charge on any atom is -0.342 e. The normalized spacial score (nSPS) is 31.4. The molecule has 3 aliphatic heterocycles. The van der Waals surface area contributed by atoms with Crippen molar-refractivity contribution in [2.75, 3.05) is 39.3 Å². The van der Waals surface area contributed by atoms with Crippen LogP contribution in [-0.2, 0) is 17.9 Å². The fourth-order valence-corrected chi connectivity index (χ4v) is 5.61. The van der Waals surface area contributed by atoms with Crippen molar-refractivity contribution in [3.63, 3.8) is 0 Å². The van der Waals surface area contributed by atoms with Crippen molar-refractivity contribution in [2.45, 2.75) is 51.6 Å². The quantitative estimate of drug-likeness (QED) is 0.837. The van der Waals surface area contributed by atoms with Gasteiger partial charge >= 0.3 is 0 Å². The first kappa shape index (κ1) is 17.6. The van der Waals surface area contributed by atoms with Crippen LogP contribution in [0.1, 0.15) is 50.2 Å². The first-order valence-corrected chi connectivity index (χ1v) is 10.9. The van der Waals surface area contributed by atoms with Gasteiger partial charge in [-0.2, -0.15) is 0 Å². The van der Waals surface area contributed by atoms with Gasteiger partial charge in [0.25, 0.3) is 0 Å². The zero-order chi connectivity index (χ0) is 18.4. The molecule has 3 atom stereocenters. The zero-order valence-corrected chi connectivity index (χ0v) is 16.4. The highest BCUT2D eigenvalue weighted by atomic mass is 16.2. The summed E-state index contributed by atoms with van der Waals surface area (Å²) in [7, 11) is 0. The van der Waals surface area contributed by atoms with Gasteiger partial charge in [-0.3, -0.25) is 9.69 Å². The van der Waals surface area contributed by atoms with E-state index in [-0.39, 0.29) is 0 Å². The Bertz CT molecular complexity index is 679. The van der Waals surface area contributed by atoms with E-state index in [0.717, 1.165) is 63.8 Å². The number of nitrogens with one attached hydrogen (secondary N) is 1. The molecule has 1 N–H and O–H groups in total. The van der Waals surface area contributed by atoms with Gasteiger partial charge in [-0.1, -0.05) is 0 Å². The Hall–Kier alpha value is -1.47. The Morgan fingerprint density at radius 1 is 1.07 bits per heavy atom.